The molecule has 2 N–H and O–H groups in total. The van der Waals surface area contributed by atoms with Crippen LogP contribution in [0.25, 0.3) is 11.1 Å². The molecule has 3 rings (SSSR count). The monoisotopic (exact) mass is 491 g/mol. The van der Waals surface area contributed by atoms with Crippen LogP contribution in [0.3, 0.4) is 0 Å². The fourth-order valence-electron chi connectivity index (χ4n) is 4.30. The van der Waals surface area contributed by atoms with Crippen molar-refractivity contribution in [2.24, 2.45) is 5.92 Å². The molecule has 2 aromatic rings. The fourth-order valence-corrected chi connectivity index (χ4v) is 4.30. The smallest absolute Gasteiger partial charge is 0.392 e. The van der Waals surface area contributed by atoms with E-state index in [2.05, 4.69) is 5.32 Å². The molecule has 1 aliphatic carbocycles. The van der Waals surface area contributed by atoms with Crippen LogP contribution in [0.5, 0.6) is 0 Å². The van der Waals surface area contributed by atoms with Crippen molar-refractivity contribution in [2.45, 2.75) is 56.7 Å². The summed E-state index contributed by atoms with van der Waals surface area (Å²) in [6.45, 7) is 0.796. The number of aliphatic carboxylic acids is 1. The van der Waals surface area contributed by atoms with Gasteiger partial charge in [-0.15, -0.1) is 0 Å². The van der Waals surface area contributed by atoms with Crippen molar-refractivity contribution in [2.75, 3.05) is 6.61 Å². The third kappa shape index (κ3) is 7.56. The molecule has 0 aromatic heterocycles. The molecule has 6 nitrogen and oxygen atoms in total. The normalized spacial score (nSPS) is 20.1. The predicted molar refractivity (Wildman–Crippen MR) is 122 cm³/mol. The number of nitrogens with one attached hydrogen (secondary N) is 1. The SMILES string of the molecule is C[C@H](C[C@]1(NC(=O)CCC(=O)O)C[C@@H]1c1ccc(-c2ccccc2)cc1)C(=O)OCCC(F)(F)F. The summed E-state index contributed by atoms with van der Waals surface area (Å²) < 4.78 is 41.9. The Hall–Kier alpha value is -3.36. The third-order valence-electron chi connectivity index (χ3n) is 6.15. The number of ether oxygens (including phenoxy) is 1. The number of esters is 1. The van der Waals surface area contributed by atoms with Crippen molar-refractivity contribution < 1.29 is 37.4 Å². The van der Waals surface area contributed by atoms with Gasteiger partial charge in [0.25, 0.3) is 0 Å². The Kier molecular flexibility index (Phi) is 8.19. The van der Waals surface area contributed by atoms with E-state index in [1.165, 1.54) is 0 Å². The highest BCUT2D eigenvalue weighted by Crippen LogP contribution is 2.55. The van der Waals surface area contributed by atoms with Crippen LogP contribution in [0.2, 0.25) is 0 Å². The van der Waals surface area contributed by atoms with E-state index in [-0.39, 0.29) is 25.2 Å². The van der Waals surface area contributed by atoms with Crippen LogP contribution >= 0.6 is 0 Å². The number of carbonyl (C=O) groups excluding carboxylic acids is 2. The average molecular weight is 492 g/mol. The summed E-state index contributed by atoms with van der Waals surface area (Å²) in [6, 6.07) is 17.6. The Morgan fingerprint density at radius 3 is 2.29 bits per heavy atom. The van der Waals surface area contributed by atoms with Crippen molar-refractivity contribution in [1.82, 2.24) is 5.32 Å². The minimum absolute atomic E-state index is 0.119. The molecule has 0 bridgehead atoms. The maximum absolute atomic E-state index is 12.4. The molecule has 0 heterocycles. The number of halogens is 3. The molecular weight excluding hydrogens is 463 g/mol. The van der Waals surface area contributed by atoms with Gasteiger partial charge in [0.15, 0.2) is 0 Å². The molecule has 0 aliphatic heterocycles. The van der Waals surface area contributed by atoms with Crippen LogP contribution < -0.4 is 5.32 Å². The van der Waals surface area contributed by atoms with Gasteiger partial charge in [-0.25, -0.2) is 0 Å². The fraction of sp³-hybridized carbons (Fsp3) is 0.423. The molecular formula is C26H28F3NO5. The number of carboxylic acids is 1. The number of hydrogen-bond donors (Lipinski definition) is 2. The molecule has 0 unspecified atom stereocenters. The minimum Gasteiger partial charge on any atom is -0.481 e. The molecule has 35 heavy (non-hydrogen) atoms. The first kappa shape index (κ1) is 26.2. The minimum atomic E-state index is -4.42. The number of carbonyl (C=O) groups is 3. The highest BCUT2D eigenvalue weighted by molar-refractivity contribution is 5.82. The second-order valence-corrected chi connectivity index (χ2v) is 8.98. The van der Waals surface area contributed by atoms with Gasteiger partial charge < -0.3 is 15.2 Å². The summed E-state index contributed by atoms with van der Waals surface area (Å²) in [5, 5.41) is 11.8. The first-order valence-corrected chi connectivity index (χ1v) is 11.4. The number of carboxylic acid groups (broad SMARTS) is 1. The number of rotatable bonds is 11. The van der Waals surface area contributed by atoms with Crippen LogP contribution in [0.15, 0.2) is 54.6 Å². The zero-order valence-electron chi connectivity index (χ0n) is 19.3. The predicted octanol–water partition coefficient (Wildman–Crippen LogP) is 5.08. The van der Waals surface area contributed by atoms with Gasteiger partial charge in [-0.3, -0.25) is 14.4 Å². The highest BCUT2D eigenvalue weighted by Gasteiger charge is 2.56. The molecule has 1 aliphatic rings. The second-order valence-electron chi connectivity index (χ2n) is 8.98. The van der Waals surface area contributed by atoms with Gasteiger partial charge in [0.05, 0.1) is 25.4 Å². The van der Waals surface area contributed by atoms with E-state index in [0.29, 0.717) is 6.42 Å². The van der Waals surface area contributed by atoms with Crippen molar-refractivity contribution >= 4 is 17.8 Å². The largest absolute Gasteiger partial charge is 0.481 e. The number of amides is 1. The Bertz CT molecular complexity index is 1040. The van der Waals surface area contributed by atoms with E-state index in [1.807, 2.05) is 54.6 Å². The molecule has 2 aromatic carbocycles. The number of benzene rings is 2. The van der Waals surface area contributed by atoms with Crippen molar-refractivity contribution in [3.05, 3.63) is 60.2 Å². The van der Waals surface area contributed by atoms with Crippen LogP contribution in [0.1, 0.15) is 50.5 Å². The van der Waals surface area contributed by atoms with Crippen molar-refractivity contribution in [1.29, 1.82) is 0 Å². The second kappa shape index (κ2) is 10.9. The van der Waals surface area contributed by atoms with Gasteiger partial charge >= 0.3 is 18.1 Å². The molecule has 0 spiro atoms. The average Bonchev–Trinajstić information content (AvgIpc) is 3.50. The standard InChI is InChI=1S/C26H28F3NO5/c1-17(24(34)35-14-13-26(27,28)29)15-25(30-22(31)11-12-23(32)33)16-21(25)20-9-7-19(8-10-20)18-5-3-2-4-6-18/h2-10,17,21H,11-16H2,1H3,(H,30,31)(H,32,33)/t17-,21-,25+/m1/s1. The first-order valence-electron chi connectivity index (χ1n) is 11.4. The Morgan fingerprint density at radius 2 is 1.69 bits per heavy atom. The van der Waals surface area contributed by atoms with Gasteiger partial charge in [-0.05, 0) is 29.5 Å². The van der Waals surface area contributed by atoms with Crippen molar-refractivity contribution in [3.8, 4) is 11.1 Å². The lowest BCUT2D eigenvalue weighted by Crippen LogP contribution is -2.41. The first-order chi connectivity index (χ1) is 16.5. The molecule has 0 radical (unpaired) electrons. The summed E-state index contributed by atoms with van der Waals surface area (Å²) in [4.78, 5) is 35.6. The summed E-state index contributed by atoms with van der Waals surface area (Å²) in [6.07, 6.45) is -5.48. The summed E-state index contributed by atoms with van der Waals surface area (Å²) in [5.74, 6) is -3.19. The van der Waals surface area contributed by atoms with E-state index in [4.69, 9.17) is 9.84 Å². The summed E-state index contributed by atoms with van der Waals surface area (Å²) >= 11 is 0. The lowest BCUT2D eigenvalue weighted by Gasteiger charge is -2.23. The van der Waals surface area contributed by atoms with Crippen molar-refractivity contribution in [3.63, 3.8) is 0 Å². The number of alkyl halides is 3. The molecule has 9 heteroatoms. The van der Waals surface area contributed by atoms with Gasteiger partial charge in [-0.2, -0.15) is 13.2 Å². The molecule has 0 saturated heterocycles. The van der Waals surface area contributed by atoms with E-state index in [9.17, 15) is 27.6 Å². The van der Waals surface area contributed by atoms with E-state index in [0.717, 1.165) is 16.7 Å². The highest BCUT2D eigenvalue weighted by atomic mass is 19.4. The lowest BCUT2D eigenvalue weighted by atomic mass is 9.94. The zero-order chi connectivity index (χ0) is 25.6. The van der Waals surface area contributed by atoms with Gasteiger partial charge in [0.1, 0.15) is 0 Å². The van der Waals surface area contributed by atoms with Gasteiger partial charge in [0, 0.05) is 17.9 Å². The third-order valence-corrected chi connectivity index (χ3v) is 6.15. The van der Waals surface area contributed by atoms with Crippen LogP contribution in [-0.4, -0.2) is 41.3 Å². The molecule has 3 atom stereocenters. The zero-order valence-corrected chi connectivity index (χ0v) is 19.3. The van der Waals surface area contributed by atoms with Crippen LogP contribution in [0, 0.1) is 5.92 Å². The molecule has 188 valence electrons. The maximum Gasteiger partial charge on any atom is 0.392 e. The quantitative estimate of drug-likeness (QED) is 0.428. The maximum atomic E-state index is 12.4. The van der Waals surface area contributed by atoms with E-state index in [1.54, 1.807) is 6.92 Å². The van der Waals surface area contributed by atoms with Crippen LogP contribution in [-0.2, 0) is 19.1 Å². The topological polar surface area (TPSA) is 92.7 Å². The van der Waals surface area contributed by atoms with Gasteiger partial charge in [0.2, 0.25) is 5.91 Å². The Balaban J connectivity index is 1.70. The van der Waals surface area contributed by atoms with E-state index >= 15 is 0 Å². The van der Waals surface area contributed by atoms with Crippen LogP contribution in [0.4, 0.5) is 13.2 Å². The van der Waals surface area contributed by atoms with Gasteiger partial charge in [-0.1, -0.05) is 61.5 Å². The lowest BCUT2D eigenvalue weighted by molar-refractivity contribution is -0.162. The van der Waals surface area contributed by atoms with E-state index < -0.39 is 48.5 Å². The molecule has 1 amide bonds. The number of hydrogen-bond acceptors (Lipinski definition) is 4. The summed E-state index contributed by atoms with van der Waals surface area (Å²) in [5.41, 5.74) is 2.22. The molecule has 1 saturated carbocycles. The molecule has 1 fully saturated rings. The Morgan fingerprint density at radius 1 is 1.06 bits per heavy atom. The summed E-state index contributed by atoms with van der Waals surface area (Å²) in [7, 11) is 0. The Labute approximate surface area is 201 Å².